The van der Waals surface area contributed by atoms with Gasteiger partial charge in [0.15, 0.2) is 0 Å². The second kappa shape index (κ2) is 5.42. The summed E-state index contributed by atoms with van der Waals surface area (Å²) in [5.74, 6) is -0.421. The topological polar surface area (TPSA) is 47.3 Å². The van der Waals surface area contributed by atoms with E-state index in [2.05, 4.69) is 5.32 Å². The molecule has 0 radical (unpaired) electrons. The lowest BCUT2D eigenvalue weighted by Gasteiger charge is -2.26. The summed E-state index contributed by atoms with van der Waals surface area (Å²) in [5, 5.41) is 3.18. The zero-order valence-corrected chi connectivity index (χ0v) is 11.0. The Hall–Kier alpha value is -1.20. The van der Waals surface area contributed by atoms with Crippen molar-refractivity contribution in [2.45, 2.75) is 19.4 Å². The van der Waals surface area contributed by atoms with Gasteiger partial charge in [-0.2, -0.15) is 0 Å². The van der Waals surface area contributed by atoms with Crippen molar-refractivity contribution in [3.8, 4) is 0 Å². The summed E-state index contributed by atoms with van der Waals surface area (Å²) >= 11 is 4.74. The minimum atomic E-state index is -0.421. The number of nitrogens with two attached hydrogens (primary N) is 1. The van der Waals surface area contributed by atoms with Crippen molar-refractivity contribution >= 4 is 22.9 Å². The number of benzene rings is 1. The van der Waals surface area contributed by atoms with Gasteiger partial charge in [0.2, 0.25) is 0 Å². The van der Waals surface area contributed by atoms with Gasteiger partial charge in [-0.25, -0.2) is 4.39 Å². The van der Waals surface area contributed by atoms with Crippen LogP contribution in [0, 0.1) is 5.82 Å². The summed E-state index contributed by atoms with van der Waals surface area (Å²) < 4.78 is 18.7. The maximum Gasteiger partial charge on any atom is 0.135 e. The quantitative estimate of drug-likeness (QED) is 0.794. The van der Waals surface area contributed by atoms with Gasteiger partial charge in [-0.05, 0) is 32.0 Å². The number of methoxy groups -OCH3 is 1. The molecule has 0 aliphatic rings. The number of nitrogens with one attached hydrogen (secondary N) is 1. The fraction of sp³-hybridized carbons (Fsp3) is 0.417. The van der Waals surface area contributed by atoms with Crippen molar-refractivity contribution in [2.24, 2.45) is 5.73 Å². The summed E-state index contributed by atoms with van der Waals surface area (Å²) in [6.07, 6.45) is 0. The molecule has 0 aliphatic heterocycles. The number of halogens is 1. The molecule has 3 nitrogen and oxygen atoms in total. The number of rotatable bonds is 5. The SMILES string of the molecule is COCC(C)(C)Nc1ccc(C(N)=S)c(F)c1. The number of hydrogen-bond donors (Lipinski definition) is 2. The first-order valence-corrected chi connectivity index (χ1v) is 5.63. The van der Waals surface area contributed by atoms with Crippen LogP contribution in [0.1, 0.15) is 19.4 Å². The van der Waals surface area contributed by atoms with Crippen molar-refractivity contribution in [1.82, 2.24) is 0 Å². The average Bonchev–Trinajstić information content (AvgIpc) is 2.15. The zero-order valence-electron chi connectivity index (χ0n) is 10.2. The fourth-order valence-electron chi connectivity index (χ4n) is 1.58. The smallest absolute Gasteiger partial charge is 0.135 e. The molecule has 0 amide bonds. The van der Waals surface area contributed by atoms with E-state index in [1.54, 1.807) is 19.2 Å². The van der Waals surface area contributed by atoms with Crippen LogP contribution in [0.5, 0.6) is 0 Å². The van der Waals surface area contributed by atoms with E-state index >= 15 is 0 Å². The molecule has 0 heterocycles. The number of hydrogen-bond acceptors (Lipinski definition) is 3. The van der Waals surface area contributed by atoms with E-state index in [0.29, 0.717) is 12.3 Å². The molecule has 0 aliphatic carbocycles. The summed E-state index contributed by atoms with van der Waals surface area (Å²) in [4.78, 5) is 0.0604. The number of anilines is 1. The molecule has 0 saturated carbocycles. The summed E-state index contributed by atoms with van der Waals surface area (Å²) in [6.45, 7) is 4.46. The third kappa shape index (κ3) is 3.94. The van der Waals surface area contributed by atoms with Crippen LogP contribution in [0.2, 0.25) is 0 Å². The zero-order chi connectivity index (χ0) is 13.1. The predicted molar refractivity (Wildman–Crippen MR) is 71.9 cm³/mol. The first kappa shape index (κ1) is 13.9. The molecule has 1 rings (SSSR count). The Morgan fingerprint density at radius 1 is 1.53 bits per heavy atom. The summed E-state index contributed by atoms with van der Waals surface area (Å²) in [5.41, 5.74) is 6.05. The molecule has 0 unspecified atom stereocenters. The van der Waals surface area contributed by atoms with E-state index in [9.17, 15) is 4.39 Å². The van der Waals surface area contributed by atoms with E-state index in [0.717, 1.165) is 0 Å². The highest BCUT2D eigenvalue weighted by Crippen LogP contribution is 2.19. The largest absolute Gasteiger partial charge is 0.389 e. The van der Waals surface area contributed by atoms with Crippen molar-refractivity contribution in [3.05, 3.63) is 29.6 Å². The minimum absolute atomic E-state index is 0.0604. The van der Waals surface area contributed by atoms with E-state index in [1.165, 1.54) is 6.07 Å². The molecule has 17 heavy (non-hydrogen) atoms. The molecule has 0 fully saturated rings. The van der Waals surface area contributed by atoms with Crippen LogP contribution in [-0.4, -0.2) is 24.2 Å². The molecule has 0 bridgehead atoms. The normalized spacial score (nSPS) is 11.3. The van der Waals surface area contributed by atoms with Crippen molar-refractivity contribution in [2.75, 3.05) is 19.0 Å². The fourth-order valence-corrected chi connectivity index (χ4v) is 1.75. The Labute approximate surface area is 106 Å². The molecule has 5 heteroatoms. The molecule has 1 aromatic rings. The molecule has 0 spiro atoms. The molecular formula is C12H17FN2OS. The lowest BCUT2D eigenvalue weighted by molar-refractivity contribution is 0.158. The van der Waals surface area contributed by atoms with E-state index in [-0.39, 0.29) is 16.1 Å². The lowest BCUT2D eigenvalue weighted by Crippen LogP contribution is -2.35. The second-order valence-corrected chi connectivity index (χ2v) is 4.94. The van der Waals surface area contributed by atoms with Gasteiger partial charge in [-0.1, -0.05) is 12.2 Å². The standard InChI is InChI=1S/C12H17FN2OS/c1-12(2,7-16-3)15-8-4-5-9(11(14)17)10(13)6-8/h4-6,15H,7H2,1-3H3,(H2,14,17). The number of ether oxygens (including phenoxy) is 1. The Morgan fingerprint density at radius 2 is 2.18 bits per heavy atom. The van der Waals surface area contributed by atoms with Gasteiger partial charge < -0.3 is 15.8 Å². The number of thiocarbonyl (C=S) groups is 1. The van der Waals surface area contributed by atoms with Crippen molar-refractivity contribution in [1.29, 1.82) is 0 Å². The third-order valence-electron chi connectivity index (χ3n) is 2.22. The Bertz CT molecular complexity index is 421. The Kier molecular flexibility index (Phi) is 4.42. The highest BCUT2D eigenvalue weighted by Gasteiger charge is 2.17. The Morgan fingerprint density at radius 3 is 2.65 bits per heavy atom. The van der Waals surface area contributed by atoms with Gasteiger partial charge >= 0.3 is 0 Å². The van der Waals surface area contributed by atoms with Crippen molar-refractivity contribution in [3.63, 3.8) is 0 Å². The molecule has 0 atom stereocenters. The van der Waals surface area contributed by atoms with E-state index in [1.807, 2.05) is 13.8 Å². The molecule has 0 aromatic heterocycles. The van der Waals surface area contributed by atoms with Gasteiger partial charge in [0, 0.05) is 18.4 Å². The molecule has 0 saturated heterocycles. The minimum Gasteiger partial charge on any atom is -0.389 e. The van der Waals surface area contributed by atoms with Gasteiger partial charge in [0.25, 0.3) is 0 Å². The van der Waals surface area contributed by atoms with Crippen LogP contribution in [-0.2, 0) is 4.74 Å². The van der Waals surface area contributed by atoms with E-state index < -0.39 is 5.82 Å². The maximum absolute atomic E-state index is 13.6. The first-order valence-electron chi connectivity index (χ1n) is 5.22. The van der Waals surface area contributed by atoms with Gasteiger partial charge in [-0.3, -0.25) is 0 Å². The highest BCUT2D eigenvalue weighted by molar-refractivity contribution is 7.80. The van der Waals surface area contributed by atoms with Crippen LogP contribution >= 0.6 is 12.2 Å². The maximum atomic E-state index is 13.6. The van der Waals surface area contributed by atoms with Gasteiger partial charge in [-0.15, -0.1) is 0 Å². The molecule has 1 aromatic carbocycles. The van der Waals surface area contributed by atoms with Crippen LogP contribution < -0.4 is 11.1 Å². The Balaban J connectivity index is 2.88. The first-order chi connectivity index (χ1) is 7.85. The molecule has 3 N–H and O–H groups in total. The van der Waals surface area contributed by atoms with Gasteiger partial charge in [0.1, 0.15) is 10.8 Å². The van der Waals surface area contributed by atoms with Crippen molar-refractivity contribution < 1.29 is 9.13 Å². The molecular weight excluding hydrogens is 239 g/mol. The summed E-state index contributed by atoms with van der Waals surface area (Å²) in [7, 11) is 1.62. The molecule has 94 valence electrons. The van der Waals surface area contributed by atoms with E-state index in [4.69, 9.17) is 22.7 Å². The predicted octanol–water partition coefficient (Wildman–Crippen LogP) is 2.30. The van der Waals surface area contributed by atoms with Crippen LogP contribution in [0.4, 0.5) is 10.1 Å². The monoisotopic (exact) mass is 256 g/mol. The average molecular weight is 256 g/mol. The summed E-state index contributed by atoms with van der Waals surface area (Å²) in [6, 6.07) is 4.70. The van der Waals surface area contributed by atoms with Crippen LogP contribution in [0.25, 0.3) is 0 Å². The van der Waals surface area contributed by atoms with Crippen LogP contribution in [0.3, 0.4) is 0 Å². The lowest BCUT2D eigenvalue weighted by atomic mass is 10.1. The van der Waals surface area contributed by atoms with Gasteiger partial charge in [0.05, 0.1) is 12.1 Å². The highest BCUT2D eigenvalue weighted by atomic mass is 32.1. The third-order valence-corrected chi connectivity index (χ3v) is 2.44. The van der Waals surface area contributed by atoms with Crippen LogP contribution in [0.15, 0.2) is 18.2 Å². The second-order valence-electron chi connectivity index (χ2n) is 4.50.